The van der Waals surface area contributed by atoms with Gasteiger partial charge < -0.3 is 9.64 Å². The van der Waals surface area contributed by atoms with Crippen LogP contribution in [0, 0.1) is 0 Å². The molecule has 0 fully saturated rings. The number of rotatable bonds is 6. The molecule has 5 nitrogen and oxygen atoms in total. The molecule has 4 rings (SSSR count). The molecule has 0 bridgehead atoms. The molecule has 0 N–H and O–H groups in total. The Balaban J connectivity index is 1.83. The van der Waals surface area contributed by atoms with Gasteiger partial charge in [-0.2, -0.15) is 0 Å². The number of para-hydroxylation sites is 1. The highest BCUT2D eigenvalue weighted by Crippen LogP contribution is 2.40. The van der Waals surface area contributed by atoms with Gasteiger partial charge in [-0.25, -0.2) is 0 Å². The number of hydrogen-bond donors (Lipinski definition) is 0. The van der Waals surface area contributed by atoms with Gasteiger partial charge in [0.1, 0.15) is 5.70 Å². The van der Waals surface area contributed by atoms with Crippen LogP contribution in [0.2, 0.25) is 10.0 Å². The first kappa shape index (κ1) is 20.0. The van der Waals surface area contributed by atoms with Crippen molar-refractivity contribution >= 4 is 46.3 Å². The van der Waals surface area contributed by atoms with Gasteiger partial charge >= 0.3 is 0 Å². The lowest BCUT2D eigenvalue weighted by Gasteiger charge is -2.22. The molecule has 0 aromatic heterocycles. The number of amides is 2. The number of benzene rings is 2. The number of ether oxygens (including phenoxy) is 1. The lowest BCUT2D eigenvalue weighted by Crippen LogP contribution is -2.36. The number of hydrogen-bond acceptors (Lipinski definition) is 4. The third-order valence-corrected chi connectivity index (χ3v) is 5.78. The van der Waals surface area contributed by atoms with Crippen molar-refractivity contribution < 1.29 is 14.3 Å². The minimum absolute atomic E-state index is 0.291. The van der Waals surface area contributed by atoms with E-state index < -0.39 is 0 Å². The molecule has 150 valence electrons. The molecule has 2 amide bonds. The molecule has 2 aromatic carbocycles. The summed E-state index contributed by atoms with van der Waals surface area (Å²) in [5, 5.41) is 0.818. The van der Waals surface area contributed by atoms with Crippen molar-refractivity contribution in [1.82, 2.24) is 4.90 Å². The van der Waals surface area contributed by atoms with Gasteiger partial charge in [0.15, 0.2) is 0 Å². The van der Waals surface area contributed by atoms with E-state index in [-0.39, 0.29) is 11.8 Å². The lowest BCUT2D eigenvalue weighted by molar-refractivity contribution is -0.137. The van der Waals surface area contributed by atoms with Crippen LogP contribution in [0.15, 0.2) is 48.2 Å². The number of methoxy groups -OCH3 is 1. The van der Waals surface area contributed by atoms with Gasteiger partial charge in [-0.15, -0.1) is 0 Å². The second kappa shape index (κ2) is 8.19. The van der Waals surface area contributed by atoms with Crippen LogP contribution in [0.5, 0.6) is 0 Å². The molecular formula is C22H20Cl2N2O3. The number of carbonyl (C=O) groups excluding carboxylic acids is 2. The molecule has 29 heavy (non-hydrogen) atoms. The third-order valence-electron chi connectivity index (χ3n) is 5.23. The van der Waals surface area contributed by atoms with E-state index in [0.29, 0.717) is 53.0 Å². The minimum Gasteiger partial charge on any atom is -0.385 e. The average Bonchev–Trinajstić information content (AvgIpc) is 3.22. The Kier molecular flexibility index (Phi) is 5.63. The Bertz CT molecular complexity index is 1020. The van der Waals surface area contributed by atoms with Crippen LogP contribution in [0.3, 0.4) is 0 Å². The zero-order valence-electron chi connectivity index (χ0n) is 16.0. The number of anilines is 1. The molecule has 2 aromatic rings. The second-order valence-electron chi connectivity index (χ2n) is 6.99. The highest BCUT2D eigenvalue weighted by molar-refractivity contribution is 6.41. The maximum atomic E-state index is 13.4. The summed E-state index contributed by atoms with van der Waals surface area (Å²) < 4.78 is 5.08. The molecule has 0 atom stereocenters. The highest BCUT2D eigenvalue weighted by atomic mass is 35.5. The van der Waals surface area contributed by atoms with Gasteiger partial charge in [-0.05, 0) is 36.6 Å². The van der Waals surface area contributed by atoms with E-state index in [9.17, 15) is 9.59 Å². The van der Waals surface area contributed by atoms with E-state index in [2.05, 4.69) is 0 Å². The second-order valence-corrected chi connectivity index (χ2v) is 7.83. The van der Waals surface area contributed by atoms with Crippen LogP contribution in [0.1, 0.15) is 17.5 Å². The first-order chi connectivity index (χ1) is 14.0. The van der Waals surface area contributed by atoms with E-state index in [1.54, 1.807) is 25.3 Å². The Morgan fingerprint density at radius 2 is 1.86 bits per heavy atom. The fourth-order valence-corrected chi connectivity index (χ4v) is 4.39. The molecule has 2 heterocycles. The van der Waals surface area contributed by atoms with Crippen LogP contribution in [0.4, 0.5) is 5.69 Å². The van der Waals surface area contributed by atoms with E-state index >= 15 is 0 Å². The van der Waals surface area contributed by atoms with Gasteiger partial charge in [0.2, 0.25) is 0 Å². The van der Waals surface area contributed by atoms with Gasteiger partial charge in [0, 0.05) is 43.1 Å². The van der Waals surface area contributed by atoms with Crippen molar-refractivity contribution in [1.29, 1.82) is 0 Å². The molecule has 0 radical (unpaired) electrons. The summed E-state index contributed by atoms with van der Waals surface area (Å²) in [7, 11) is 1.59. The van der Waals surface area contributed by atoms with Crippen molar-refractivity contribution in [3.63, 3.8) is 0 Å². The summed E-state index contributed by atoms with van der Waals surface area (Å²) in [5.74, 6) is -0.640. The Morgan fingerprint density at radius 1 is 1.07 bits per heavy atom. The third kappa shape index (κ3) is 3.54. The largest absolute Gasteiger partial charge is 0.385 e. The number of imide groups is 1. The van der Waals surface area contributed by atoms with E-state index in [4.69, 9.17) is 27.9 Å². The smallest absolute Gasteiger partial charge is 0.278 e. The molecule has 7 heteroatoms. The van der Waals surface area contributed by atoms with Crippen LogP contribution in [0.25, 0.3) is 5.57 Å². The van der Waals surface area contributed by atoms with Crippen LogP contribution in [-0.4, -0.2) is 43.5 Å². The maximum absolute atomic E-state index is 13.4. The monoisotopic (exact) mass is 430 g/mol. The SMILES string of the molecule is COCCCN1C(=O)C(c2ccc(Cl)cc2Cl)=C(N2CCc3ccccc32)C1=O. The van der Waals surface area contributed by atoms with Crippen molar-refractivity contribution in [3.8, 4) is 0 Å². The van der Waals surface area contributed by atoms with Gasteiger partial charge in [0.05, 0.1) is 10.6 Å². The highest BCUT2D eigenvalue weighted by Gasteiger charge is 2.43. The Labute approximate surface area is 179 Å². The normalized spacial score (nSPS) is 16.2. The zero-order chi connectivity index (χ0) is 20.5. The van der Waals surface area contributed by atoms with Crippen molar-refractivity contribution in [3.05, 3.63) is 69.3 Å². The summed E-state index contributed by atoms with van der Waals surface area (Å²) in [6.45, 7) is 1.39. The lowest BCUT2D eigenvalue weighted by atomic mass is 10.0. The quantitative estimate of drug-likeness (QED) is 0.509. The van der Waals surface area contributed by atoms with Gasteiger partial charge in [0.25, 0.3) is 11.8 Å². The molecule has 0 aliphatic carbocycles. The number of fused-ring (bicyclic) bond motifs is 1. The first-order valence-electron chi connectivity index (χ1n) is 9.43. The van der Waals surface area contributed by atoms with Gasteiger partial charge in [-0.3, -0.25) is 14.5 Å². The molecule has 0 saturated heterocycles. The summed E-state index contributed by atoms with van der Waals surface area (Å²) in [6.07, 6.45) is 1.38. The standard InChI is InChI=1S/C22H20Cl2N2O3/c1-29-12-4-10-26-21(27)19(16-8-7-15(23)13-17(16)24)20(22(26)28)25-11-9-14-5-2-3-6-18(14)25/h2-3,5-8,13H,4,9-12H2,1H3. The molecule has 0 unspecified atom stereocenters. The average molecular weight is 431 g/mol. The summed E-state index contributed by atoms with van der Waals surface area (Å²) >= 11 is 12.5. The van der Waals surface area contributed by atoms with Crippen LogP contribution in [-0.2, 0) is 20.7 Å². The molecule has 0 spiro atoms. The predicted molar refractivity (Wildman–Crippen MR) is 114 cm³/mol. The topological polar surface area (TPSA) is 49.9 Å². The molecular weight excluding hydrogens is 411 g/mol. The molecule has 2 aliphatic heterocycles. The van der Waals surface area contributed by atoms with Crippen LogP contribution >= 0.6 is 23.2 Å². The summed E-state index contributed by atoms with van der Waals surface area (Å²) in [4.78, 5) is 29.9. The number of nitrogens with zero attached hydrogens (tertiary/aromatic N) is 2. The Hall–Kier alpha value is -2.34. The van der Waals surface area contributed by atoms with E-state index in [1.165, 1.54) is 4.90 Å². The Morgan fingerprint density at radius 3 is 2.62 bits per heavy atom. The van der Waals surface area contributed by atoms with Gasteiger partial charge in [-0.1, -0.05) is 47.5 Å². The van der Waals surface area contributed by atoms with E-state index in [1.807, 2.05) is 29.2 Å². The van der Waals surface area contributed by atoms with Crippen molar-refractivity contribution in [2.24, 2.45) is 0 Å². The van der Waals surface area contributed by atoms with Crippen molar-refractivity contribution in [2.45, 2.75) is 12.8 Å². The number of halogens is 2. The predicted octanol–water partition coefficient (Wildman–Crippen LogP) is 4.17. The zero-order valence-corrected chi connectivity index (χ0v) is 17.5. The fraction of sp³-hybridized carbons (Fsp3) is 0.273. The van der Waals surface area contributed by atoms with Crippen LogP contribution < -0.4 is 4.90 Å². The summed E-state index contributed by atoms with van der Waals surface area (Å²) in [5.41, 5.74) is 3.32. The maximum Gasteiger partial charge on any atom is 0.278 e. The number of carbonyl (C=O) groups is 2. The first-order valence-corrected chi connectivity index (χ1v) is 10.2. The van der Waals surface area contributed by atoms with E-state index in [0.717, 1.165) is 17.7 Å². The summed E-state index contributed by atoms with van der Waals surface area (Å²) in [6, 6.07) is 12.9. The fourth-order valence-electron chi connectivity index (χ4n) is 3.89. The molecule has 0 saturated carbocycles. The molecule has 2 aliphatic rings. The minimum atomic E-state index is -0.338. The van der Waals surface area contributed by atoms with Crippen molar-refractivity contribution in [2.75, 3.05) is 31.7 Å².